The summed E-state index contributed by atoms with van der Waals surface area (Å²) in [7, 11) is 0. The van der Waals surface area contributed by atoms with Gasteiger partial charge in [0, 0.05) is 17.8 Å². The number of rotatable bonds is 4. The van der Waals surface area contributed by atoms with Crippen molar-refractivity contribution in [3.63, 3.8) is 0 Å². The third kappa shape index (κ3) is 3.54. The Morgan fingerprint density at radius 2 is 1.84 bits per heavy atom. The molecule has 0 aliphatic heterocycles. The van der Waals surface area contributed by atoms with E-state index in [0.717, 1.165) is 16.8 Å². The van der Waals surface area contributed by atoms with E-state index in [9.17, 15) is 23.3 Å². The first kappa shape index (κ1) is 16.4. The van der Waals surface area contributed by atoms with Crippen LogP contribution >= 0.6 is 0 Å². The third-order valence-corrected chi connectivity index (χ3v) is 3.22. The monoisotopic (exact) mass is 350 g/mol. The molecule has 0 aliphatic carbocycles. The van der Waals surface area contributed by atoms with Crippen LogP contribution in [-0.4, -0.2) is 25.1 Å². The zero-order valence-electron chi connectivity index (χ0n) is 12.3. The van der Waals surface area contributed by atoms with Crippen LogP contribution in [0.4, 0.5) is 30.5 Å². The number of benzene rings is 2. The highest BCUT2D eigenvalue weighted by atomic mass is 19.4. The Bertz CT molecular complexity index is 907. The quantitative estimate of drug-likeness (QED) is 0.572. The summed E-state index contributed by atoms with van der Waals surface area (Å²) in [5.74, 6) is 0.0631. The van der Waals surface area contributed by atoms with Crippen LogP contribution in [0.1, 0.15) is 5.56 Å². The normalized spacial score (nSPS) is 11.3. The fourth-order valence-corrected chi connectivity index (χ4v) is 2.05. The van der Waals surface area contributed by atoms with E-state index in [1.165, 1.54) is 36.4 Å². The number of non-ortho nitro benzene ring substituents is 1. The maximum Gasteiger partial charge on any atom is 0.416 e. The van der Waals surface area contributed by atoms with Crippen molar-refractivity contribution >= 4 is 17.3 Å². The molecular formula is C14H9F3N6O2. The summed E-state index contributed by atoms with van der Waals surface area (Å²) in [6.07, 6.45) is -4.49. The Hall–Kier alpha value is -3.50. The largest absolute Gasteiger partial charge is 0.416 e. The lowest BCUT2D eigenvalue weighted by Gasteiger charge is -2.10. The zero-order valence-corrected chi connectivity index (χ0v) is 12.3. The van der Waals surface area contributed by atoms with Crippen molar-refractivity contribution in [3.05, 3.63) is 64.2 Å². The van der Waals surface area contributed by atoms with Gasteiger partial charge in [-0.3, -0.25) is 10.1 Å². The van der Waals surface area contributed by atoms with Crippen LogP contribution in [-0.2, 0) is 6.18 Å². The van der Waals surface area contributed by atoms with Gasteiger partial charge in [0.05, 0.1) is 16.2 Å². The summed E-state index contributed by atoms with van der Waals surface area (Å²) in [6.45, 7) is 0. The standard InChI is InChI=1S/C14H9F3N6O2/c15-14(16,17)9-2-1-3-12(8-9)22-13(19-20-21-22)18-10-4-6-11(7-5-10)23(24)25/h1-8H,(H,18,19,21). The molecule has 3 rings (SSSR count). The molecule has 1 aromatic heterocycles. The number of tetrazole rings is 1. The van der Waals surface area contributed by atoms with Gasteiger partial charge in [0.15, 0.2) is 0 Å². The first-order chi connectivity index (χ1) is 11.8. The number of anilines is 2. The zero-order chi connectivity index (χ0) is 18.0. The van der Waals surface area contributed by atoms with Crippen LogP contribution in [0.5, 0.6) is 0 Å². The Morgan fingerprint density at radius 3 is 2.48 bits per heavy atom. The van der Waals surface area contributed by atoms with E-state index in [0.29, 0.717) is 5.69 Å². The fourth-order valence-electron chi connectivity index (χ4n) is 2.05. The highest BCUT2D eigenvalue weighted by Gasteiger charge is 2.30. The van der Waals surface area contributed by atoms with E-state index < -0.39 is 16.7 Å². The molecule has 2 aromatic carbocycles. The highest BCUT2D eigenvalue weighted by molar-refractivity contribution is 5.57. The number of nitrogens with one attached hydrogen (secondary N) is 1. The fraction of sp³-hybridized carbons (Fsp3) is 0.0714. The van der Waals surface area contributed by atoms with Gasteiger partial charge in [-0.05, 0) is 40.8 Å². The van der Waals surface area contributed by atoms with E-state index in [1.807, 2.05) is 0 Å². The molecule has 0 unspecified atom stereocenters. The minimum absolute atomic E-state index is 0.0631. The first-order valence-electron chi connectivity index (χ1n) is 6.82. The predicted molar refractivity (Wildman–Crippen MR) is 80.5 cm³/mol. The molecule has 8 nitrogen and oxygen atoms in total. The molecule has 25 heavy (non-hydrogen) atoms. The third-order valence-electron chi connectivity index (χ3n) is 3.22. The van der Waals surface area contributed by atoms with Crippen molar-refractivity contribution in [1.82, 2.24) is 20.2 Å². The molecule has 1 N–H and O–H groups in total. The van der Waals surface area contributed by atoms with Crippen molar-refractivity contribution in [2.45, 2.75) is 6.18 Å². The van der Waals surface area contributed by atoms with Crippen molar-refractivity contribution < 1.29 is 18.1 Å². The molecule has 0 spiro atoms. The average molecular weight is 350 g/mol. The van der Waals surface area contributed by atoms with Crippen LogP contribution < -0.4 is 5.32 Å². The maximum atomic E-state index is 12.8. The summed E-state index contributed by atoms with van der Waals surface area (Å²) < 4.78 is 39.6. The number of nitrogens with zero attached hydrogens (tertiary/aromatic N) is 5. The second kappa shape index (κ2) is 6.19. The number of nitro benzene ring substituents is 1. The second-order valence-corrected chi connectivity index (χ2v) is 4.89. The van der Waals surface area contributed by atoms with Crippen LogP contribution in [0.15, 0.2) is 48.5 Å². The second-order valence-electron chi connectivity index (χ2n) is 4.89. The van der Waals surface area contributed by atoms with Gasteiger partial charge < -0.3 is 5.32 Å². The summed E-state index contributed by atoms with van der Waals surface area (Å²) in [4.78, 5) is 10.1. The SMILES string of the molecule is O=[N+]([O-])c1ccc(Nc2nnnn2-c2cccc(C(F)(F)F)c2)cc1. The minimum Gasteiger partial charge on any atom is -0.323 e. The molecule has 0 atom stereocenters. The topological polar surface area (TPSA) is 98.8 Å². The van der Waals surface area contributed by atoms with Gasteiger partial charge in [-0.1, -0.05) is 11.2 Å². The smallest absolute Gasteiger partial charge is 0.323 e. The van der Waals surface area contributed by atoms with Crippen molar-refractivity contribution in [1.29, 1.82) is 0 Å². The van der Waals surface area contributed by atoms with Gasteiger partial charge >= 0.3 is 6.18 Å². The molecule has 0 aliphatic rings. The predicted octanol–water partition coefficient (Wildman–Crippen LogP) is 3.33. The lowest BCUT2D eigenvalue weighted by molar-refractivity contribution is -0.384. The molecule has 0 fully saturated rings. The van der Waals surface area contributed by atoms with Gasteiger partial charge in [0.1, 0.15) is 0 Å². The molecule has 0 saturated carbocycles. The van der Waals surface area contributed by atoms with Crippen LogP contribution in [0, 0.1) is 10.1 Å². The van der Waals surface area contributed by atoms with Gasteiger partial charge in [0.25, 0.3) is 11.6 Å². The van der Waals surface area contributed by atoms with Gasteiger partial charge in [-0.2, -0.15) is 17.9 Å². The first-order valence-corrected chi connectivity index (χ1v) is 6.82. The number of alkyl halides is 3. The molecule has 1 heterocycles. The maximum absolute atomic E-state index is 12.8. The van der Waals surface area contributed by atoms with E-state index in [-0.39, 0.29) is 17.3 Å². The number of hydrogen-bond acceptors (Lipinski definition) is 6. The average Bonchev–Trinajstić information content (AvgIpc) is 3.03. The molecule has 3 aromatic rings. The summed E-state index contributed by atoms with van der Waals surface area (Å²) in [6, 6.07) is 9.95. The Morgan fingerprint density at radius 1 is 1.12 bits per heavy atom. The molecule has 11 heteroatoms. The molecule has 0 radical (unpaired) electrons. The van der Waals surface area contributed by atoms with E-state index >= 15 is 0 Å². The summed E-state index contributed by atoms with van der Waals surface area (Å²) >= 11 is 0. The number of aromatic nitrogens is 4. The van der Waals surface area contributed by atoms with Crippen LogP contribution in [0.25, 0.3) is 5.69 Å². The van der Waals surface area contributed by atoms with Gasteiger partial charge in [-0.25, -0.2) is 0 Å². The summed E-state index contributed by atoms with van der Waals surface area (Å²) in [5.41, 5.74) is -0.373. The van der Waals surface area contributed by atoms with Crippen LogP contribution in [0.3, 0.4) is 0 Å². The van der Waals surface area contributed by atoms with Crippen molar-refractivity contribution in [2.24, 2.45) is 0 Å². The lowest BCUT2D eigenvalue weighted by Crippen LogP contribution is -2.08. The van der Waals surface area contributed by atoms with Crippen LogP contribution in [0.2, 0.25) is 0 Å². The van der Waals surface area contributed by atoms with Crippen molar-refractivity contribution in [2.75, 3.05) is 5.32 Å². The highest BCUT2D eigenvalue weighted by Crippen LogP contribution is 2.30. The van der Waals surface area contributed by atoms with E-state index in [2.05, 4.69) is 20.8 Å². The lowest BCUT2D eigenvalue weighted by atomic mass is 10.2. The molecule has 0 bridgehead atoms. The Labute approximate surface area is 138 Å². The Kier molecular flexibility index (Phi) is 4.05. The summed E-state index contributed by atoms with van der Waals surface area (Å²) in [5, 5.41) is 24.3. The molecular weight excluding hydrogens is 341 g/mol. The van der Waals surface area contributed by atoms with Gasteiger partial charge in [0.2, 0.25) is 0 Å². The van der Waals surface area contributed by atoms with E-state index in [4.69, 9.17) is 0 Å². The number of halogens is 3. The number of hydrogen-bond donors (Lipinski definition) is 1. The Balaban J connectivity index is 1.89. The molecule has 0 amide bonds. The van der Waals surface area contributed by atoms with Gasteiger partial charge in [-0.15, -0.1) is 0 Å². The minimum atomic E-state index is -4.49. The van der Waals surface area contributed by atoms with E-state index in [1.54, 1.807) is 0 Å². The molecule has 0 saturated heterocycles. The molecule has 128 valence electrons. The number of nitro groups is 1. The van der Waals surface area contributed by atoms with Crippen molar-refractivity contribution in [3.8, 4) is 5.69 Å².